The SMILES string of the molecule is C=C1Nc2nnnn2C(c2ccc(OCC)c(OC)c2)C1C(=O)Nc1ccc(Cl)cc1. The number of rotatable bonds is 6. The molecule has 1 aliphatic heterocycles. The average molecular weight is 441 g/mol. The molecule has 9 nitrogen and oxygen atoms in total. The van der Waals surface area contributed by atoms with E-state index in [9.17, 15) is 4.79 Å². The zero-order valence-corrected chi connectivity index (χ0v) is 17.8. The fourth-order valence-electron chi connectivity index (χ4n) is 3.55. The molecule has 0 bridgehead atoms. The predicted octanol–water partition coefficient (Wildman–Crippen LogP) is 3.52. The number of hydrogen-bond acceptors (Lipinski definition) is 7. The zero-order valence-electron chi connectivity index (χ0n) is 17.0. The molecule has 0 fully saturated rings. The third-order valence-electron chi connectivity index (χ3n) is 4.94. The minimum atomic E-state index is -0.700. The number of nitrogens with zero attached hydrogens (tertiary/aromatic N) is 4. The number of halogens is 1. The van der Waals surface area contributed by atoms with Crippen LogP contribution in [0.25, 0.3) is 0 Å². The average Bonchev–Trinajstić information content (AvgIpc) is 3.23. The minimum Gasteiger partial charge on any atom is -0.493 e. The van der Waals surface area contributed by atoms with Crippen molar-refractivity contribution in [2.45, 2.75) is 13.0 Å². The molecular weight excluding hydrogens is 420 g/mol. The Morgan fingerprint density at radius 2 is 2.03 bits per heavy atom. The lowest BCUT2D eigenvalue weighted by Crippen LogP contribution is -2.39. The molecule has 0 radical (unpaired) electrons. The first-order chi connectivity index (χ1) is 15.0. The van der Waals surface area contributed by atoms with Crippen molar-refractivity contribution in [3.8, 4) is 11.5 Å². The van der Waals surface area contributed by atoms with E-state index in [-0.39, 0.29) is 5.91 Å². The molecule has 0 saturated carbocycles. The number of carbonyl (C=O) groups is 1. The monoisotopic (exact) mass is 440 g/mol. The van der Waals surface area contributed by atoms with Crippen LogP contribution < -0.4 is 20.1 Å². The van der Waals surface area contributed by atoms with E-state index in [2.05, 4.69) is 32.7 Å². The summed E-state index contributed by atoms with van der Waals surface area (Å²) < 4.78 is 12.7. The Balaban J connectivity index is 1.74. The molecule has 0 saturated heterocycles. The Labute approximate surface area is 184 Å². The number of aromatic nitrogens is 4. The Kier molecular flexibility index (Phi) is 5.77. The maximum absolute atomic E-state index is 13.3. The molecule has 3 aromatic rings. The summed E-state index contributed by atoms with van der Waals surface area (Å²) in [5, 5.41) is 18.4. The second kappa shape index (κ2) is 8.65. The van der Waals surface area contributed by atoms with Gasteiger partial charge in [-0.25, -0.2) is 4.68 Å². The molecule has 2 N–H and O–H groups in total. The predicted molar refractivity (Wildman–Crippen MR) is 116 cm³/mol. The van der Waals surface area contributed by atoms with E-state index in [1.54, 1.807) is 42.1 Å². The smallest absolute Gasteiger partial charge is 0.247 e. The van der Waals surface area contributed by atoms with Gasteiger partial charge in [0.05, 0.1) is 19.8 Å². The number of tetrazole rings is 1. The van der Waals surface area contributed by atoms with Crippen LogP contribution in [0.3, 0.4) is 0 Å². The van der Waals surface area contributed by atoms with Crippen LogP contribution in [0.2, 0.25) is 5.02 Å². The fourth-order valence-corrected chi connectivity index (χ4v) is 3.67. The van der Waals surface area contributed by atoms with Gasteiger partial charge in [-0.1, -0.05) is 29.3 Å². The van der Waals surface area contributed by atoms with E-state index in [1.165, 1.54) is 0 Å². The second-order valence-electron chi connectivity index (χ2n) is 6.86. The van der Waals surface area contributed by atoms with Crippen LogP contribution in [0, 0.1) is 5.92 Å². The van der Waals surface area contributed by atoms with Crippen molar-refractivity contribution in [3.63, 3.8) is 0 Å². The van der Waals surface area contributed by atoms with E-state index in [4.69, 9.17) is 21.1 Å². The topological polar surface area (TPSA) is 103 Å². The van der Waals surface area contributed by atoms with Crippen LogP contribution in [-0.2, 0) is 4.79 Å². The van der Waals surface area contributed by atoms with Gasteiger partial charge in [-0.15, -0.1) is 0 Å². The number of carbonyl (C=O) groups excluding carboxylic acids is 1. The number of anilines is 2. The van der Waals surface area contributed by atoms with E-state index in [1.807, 2.05) is 19.1 Å². The third kappa shape index (κ3) is 4.04. The fraction of sp³-hybridized carbons (Fsp3) is 0.238. The first kappa shape index (κ1) is 20.7. The number of hydrogen-bond donors (Lipinski definition) is 2. The summed E-state index contributed by atoms with van der Waals surface area (Å²) in [5.41, 5.74) is 1.87. The Morgan fingerprint density at radius 3 is 2.74 bits per heavy atom. The first-order valence-corrected chi connectivity index (χ1v) is 10.0. The van der Waals surface area contributed by atoms with Crippen LogP contribution in [0.15, 0.2) is 54.7 Å². The molecule has 4 rings (SSSR count). The van der Waals surface area contributed by atoms with Gasteiger partial charge in [-0.3, -0.25) is 4.79 Å². The van der Waals surface area contributed by atoms with E-state index in [0.29, 0.717) is 40.5 Å². The van der Waals surface area contributed by atoms with Gasteiger partial charge in [-0.05, 0) is 59.3 Å². The minimum absolute atomic E-state index is 0.265. The highest BCUT2D eigenvalue weighted by Gasteiger charge is 2.40. The summed E-state index contributed by atoms with van der Waals surface area (Å²) >= 11 is 5.95. The third-order valence-corrected chi connectivity index (χ3v) is 5.20. The van der Waals surface area contributed by atoms with E-state index >= 15 is 0 Å². The Bertz CT molecular complexity index is 1110. The number of amides is 1. The first-order valence-electron chi connectivity index (χ1n) is 9.62. The van der Waals surface area contributed by atoms with Crippen LogP contribution in [0.4, 0.5) is 11.6 Å². The molecule has 31 heavy (non-hydrogen) atoms. The van der Waals surface area contributed by atoms with Gasteiger partial charge < -0.3 is 20.1 Å². The van der Waals surface area contributed by atoms with Crippen molar-refractivity contribution in [1.29, 1.82) is 0 Å². The van der Waals surface area contributed by atoms with Crippen LogP contribution in [0.1, 0.15) is 18.5 Å². The highest BCUT2D eigenvalue weighted by atomic mass is 35.5. The summed E-state index contributed by atoms with van der Waals surface area (Å²) in [4.78, 5) is 13.3. The van der Waals surface area contributed by atoms with Crippen molar-refractivity contribution < 1.29 is 14.3 Å². The molecule has 2 aromatic carbocycles. The van der Waals surface area contributed by atoms with E-state index < -0.39 is 12.0 Å². The number of methoxy groups -OCH3 is 1. The lowest BCUT2D eigenvalue weighted by Gasteiger charge is -2.33. The maximum Gasteiger partial charge on any atom is 0.247 e. The van der Waals surface area contributed by atoms with Crippen molar-refractivity contribution in [3.05, 3.63) is 65.3 Å². The molecule has 2 heterocycles. The molecule has 1 amide bonds. The summed E-state index contributed by atoms with van der Waals surface area (Å²) in [5.74, 6) is 0.599. The van der Waals surface area contributed by atoms with E-state index in [0.717, 1.165) is 5.56 Å². The highest BCUT2D eigenvalue weighted by molar-refractivity contribution is 6.30. The van der Waals surface area contributed by atoms with Crippen molar-refractivity contribution in [2.75, 3.05) is 24.4 Å². The molecule has 160 valence electrons. The molecule has 10 heteroatoms. The second-order valence-corrected chi connectivity index (χ2v) is 7.30. The summed E-state index contributed by atoms with van der Waals surface area (Å²) in [6.07, 6.45) is 0. The molecule has 1 aliphatic rings. The molecule has 0 aliphatic carbocycles. The van der Waals surface area contributed by atoms with Crippen LogP contribution in [0.5, 0.6) is 11.5 Å². The lowest BCUT2D eigenvalue weighted by molar-refractivity contribution is -0.119. The highest BCUT2D eigenvalue weighted by Crippen LogP contribution is 2.40. The Morgan fingerprint density at radius 1 is 1.26 bits per heavy atom. The van der Waals surface area contributed by atoms with Gasteiger partial charge >= 0.3 is 0 Å². The number of ether oxygens (including phenoxy) is 2. The van der Waals surface area contributed by atoms with Gasteiger partial charge in [0.25, 0.3) is 0 Å². The maximum atomic E-state index is 13.3. The van der Waals surface area contributed by atoms with Crippen LogP contribution in [-0.4, -0.2) is 39.8 Å². The largest absolute Gasteiger partial charge is 0.493 e. The summed E-state index contributed by atoms with van der Waals surface area (Å²) in [6, 6.07) is 11.8. The Hall–Kier alpha value is -3.59. The van der Waals surface area contributed by atoms with Gasteiger partial charge in [0.1, 0.15) is 5.92 Å². The van der Waals surface area contributed by atoms with Crippen molar-refractivity contribution in [1.82, 2.24) is 20.2 Å². The van der Waals surface area contributed by atoms with Crippen LogP contribution >= 0.6 is 11.6 Å². The number of benzene rings is 2. The van der Waals surface area contributed by atoms with Gasteiger partial charge in [0.15, 0.2) is 11.5 Å². The molecular formula is C21H21ClN6O3. The number of nitrogens with one attached hydrogen (secondary N) is 2. The zero-order chi connectivity index (χ0) is 22.0. The normalized spacial score (nSPS) is 17.5. The molecule has 2 unspecified atom stereocenters. The number of fused-ring (bicyclic) bond motifs is 1. The summed E-state index contributed by atoms with van der Waals surface area (Å²) in [6.45, 7) is 6.46. The molecule has 0 spiro atoms. The molecule has 2 atom stereocenters. The quantitative estimate of drug-likeness (QED) is 0.604. The van der Waals surface area contributed by atoms with Gasteiger partial charge in [-0.2, -0.15) is 0 Å². The lowest BCUT2D eigenvalue weighted by atomic mass is 9.88. The standard InChI is InChI=1S/C21H21ClN6O3/c1-4-31-16-10-5-13(11-17(16)30-3)19-18(12(2)23-21-25-26-27-28(19)21)20(29)24-15-8-6-14(22)7-9-15/h5-11,18-19H,2,4H2,1,3H3,(H,24,29)(H,23,25,27). The van der Waals surface area contributed by atoms with Gasteiger partial charge in [0.2, 0.25) is 11.9 Å². The summed E-state index contributed by atoms with van der Waals surface area (Å²) in [7, 11) is 1.57. The molecule has 1 aromatic heterocycles. The van der Waals surface area contributed by atoms with Gasteiger partial charge in [0, 0.05) is 16.4 Å². The van der Waals surface area contributed by atoms with Crippen molar-refractivity contribution >= 4 is 29.1 Å². The van der Waals surface area contributed by atoms with Crippen molar-refractivity contribution in [2.24, 2.45) is 5.92 Å².